The van der Waals surface area contributed by atoms with Crippen LogP contribution in [-0.2, 0) is 13.1 Å². The molecule has 1 aliphatic rings. The van der Waals surface area contributed by atoms with E-state index < -0.39 is 0 Å². The van der Waals surface area contributed by atoms with Crippen molar-refractivity contribution >= 4 is 33.4 Å². The van der Waals surface area contributed by atoms with Crippen LogP contribution < -0.4 is 0 Å². The summed E-state index contributed by atoms with van der Waals surface area (Å²) in [6, 6.07) is 20.1. The molecule has 5 heteroatoms. The number of carbonyl (C=O) groups is 1. The van der Waals surface area contributed by atoms with E-state index in [2.05, 4.69) is 68.0 Å². The summed E-state index contributed by atoms with van der Waals surface area (Å²) in [6.07, 6.45) is 7.89. The van der Waals surface area contributed by atoms with Crippen molar-refractivity contribution in [1.82, 2.24) is 9.47 Å². The lowest BCUT2D eigenvalue weighted by molar-refractivity contribution is 0.0608. The van der Waals surface area contributed by atoms with Crippen LogP contribution in [0.1, 0.15) is 53.7 Å². The number of aromatic nitrogens is 1. The Bertz CT molecular complexity index is 975. The first kappa shape index (κ1) is 21.2. The van der Waals surface area contributed by atoms with Crippen molar-refractivity contribution in [3.05, 3.63) is 93.2 Å². The zero-order chi connectivity index (χ0) is 20.9. The second kappa shape index (κ2) is 9.84. The van der Waals surface area contributed by atoms with Gasteiger partial charge in [-0.05, 0) is 66.9 Å². The van der Waals surface area contributed by atoms with E-state index in [-0.39, 0.29) is 11.9 Å². The second-order valence-corrected chi connectivity index (χ2v) is 9.34. The third kappa shape index (κ3) is 5.16. The lowest BCUT2D eigenvalue weighted by Gasteiger charge is -2.35. The minimum absolute atomic E-state index is 0.0926. The molecule has 3 nitrogen and oxygen atoms in total. The molecule has 1 amide bonds. The molecule has 0 saturated heterocycles. The molecular weight excluding hydrogens is 460 g/mol. The first-order valence-corrected chi connectivity index (χ1v) is 11.7. The molecule has 1 aliphatic carbocycles. The second-order valence-electron chi connectivity index (χ2n) is 7.99. The maximum Gasteiger partial charge on any atom is 0.254 e. The molecule has 0 aliphatic heterocycles. The summed E-state index contributed by atoms with van der Waals surface area (Å²) in [5.74, 6) is 0.0926. The van der Waals surface area contributed by atoms with Gasteiger partial charge in [0.25, 0.3) is 5.91 Å². The first-order chi connectivity index (χ1) is 14.6. The van der Waals surface area contributed by atoms with Crippen molar-refractivity contribution in [3.63, 3.8) is 0 Å². The first-order valence-electron chi connectivity index (χ1n) is 10.5. The molecule has 0 atom stereocenters. The SMILES string of the molecule is O=C(c1ccc(Cl)cc1)N(Cc1cccn1Cc1ccc(Br)cc1)C1CCCCC1. The van der Waals surface area contributed by atoms with Crippen LogP contribution >= 0.6 is 27.5 Å². The number of hydrogen-bond acceptors (Lipinski definition) is 1. The molecule has 0 radical (unpaired) electrons. The standard InChI is InChI=1S/C25H26BrClN2O/c26-21-12-8-19(9-13-21)17-28-16-4-7-24(28)18-29(23-5-2-1-3-6-23)25(30)20-10-14-22(27)15-11-20/h4,7-16,23H,1-3,5-6,17-18H2. The average Bonchev–Trinajstić information content (AvgIpc) is 3.21. The summed E-state index contributed by atoms with van der Waals surface area (Å²) >= 11 is 9.53. The van der Waals surface area contributed by atoms with Crippen LogP contribution in [0.3, 0.4) is 0 Å². The predicted molar refractivity (Wildman–Crippen MR) is 126 cm³/mol. The molecule has 4 rings (SSSR count). The summed E-state index contributed by atoms with van der Waals surface area (Å²) in [5, 5.41) is 0.652. The zero-order valence-corrected chi connectivity index (χ0v) is 19.3. The van der Waals surface area contributed by atoms with Crippen molar-refractivity contribution in [2.75, 3.05) is 0 Å². The summed E-state index contributed by atoms with van der Waals surface area (Å²) in [4.78, 5) is 15.5. The number of amides is 1. The minimum Gasteiger partial charge on any atom is -0.345 e. The maximum absolute atomic E-state index is 13.5. The minimum atomic E-state index is 0.0926. The molecule has 1 heterocycles. The van der Waals surface area contributed by atoms with E-state index >= 15 is 0 Å². The quantitative estimate of drug-likeness (QED) is 0.372. The summed E-state index contributed by atoms with van der Waals surface area (Å²) < 4.78 is 3.32. The summed E-state index contributed by atoms with van der Waals surface area (Å²) in [6.45, 7) is 1.42. The number of rotatable bonds is 6. The maximum atomic E-state index is 13.5. The highest BCUT2D eigenvalue weighted by Gasteiger charge is 2.27. The van der Waals surface area contributed by atoms with Crippen LogP contribution in [0.15, 0.2) is 71.3 Å². The van der Waals surface area contributed by atoms with E-state index in [4.69, 9.17) is 11.6 Å². The Kier molecular flexibility index (Phi) is 6.96. The smallest absolute Gasteiger partial charge is 0.254 e. The van der Waals surface area contributed by atoms with Crippen LogP contribution in [0.2, 0.25) is 5.02 Å². The molecule has 0 unspecified atom stereocenters. The Labute approximate surface area is 191 Å². The fraction of sp³-hybridized carbons (Fsp3) is 0.320. The highest BCUT2D eigenvalue weighted by molar-refractivity contribution is 9.10. The van der Waals surface area contributed by atoms with Gasteiger partial charge in [-0.2, -0.15) is 0 Å². The number of hydrogen-bond donors (Lipinski definition) is 0. The number of nitrogens with zero attached hydrogens (tertiary/aromatic N) is 2. The van der Waals surface area contributed by atoms with E-state index in [1.54, 1.807) is 12.1 Å². The van der Waals surface area contributed by atoms with Crippen molar-refractivity contribution < 1.29 is 4.79 Å². The van der Waals surface area contributed by atoms with Gasteiger partial charge in [-0.15, -0.1) is 0 Å². The van der Waals surface area contributed by atoms with Crippen LogP contribution in [0.5, 0.6) is 0 Å². The fourth-order valence-corrected chi connectivity index (χ4v) is 4.62. The molecule has 0 N–H and O–H groups in total. The highest BCUT2D eigenvalue weighted by Crippen LogP contribution is 2.26. The number of carbonyl (C=O) groups excluding carboxylic acids is 1. The Morgan fingerprint density at radius 2 is 1.70 bits per heavy atom. The Morgan fingerprint density at radius 1 is 1.00 bits per heavy atom. The van der Waals surface area contributed by atoms with Gasteiger partial charge in [0.1, 0.15) is 0 Å². The average molecular weight is 486 g/mol. The van der Waals surface area contributed by atoms with E-state index in [0.29, 0.717) is 17.1 Å². The third-order valence-corrected chi connectivity index (χ3v) is 6.67. The Balaban J connectivity index is 1.57. The van der Waals surface area contributed by atoms with Crippen LogP contribution in [0.4, 0.5) is 0 Å². The molecule has 1 aromatic heterocycles. The van der Waals surface area contributed by atoms with Gasteiger partial charge in [-0.3, -0.25) is 4.79 Å². The fourth-order valence-electron chi connectivity index (χ4n) is 4.23. The van der Waals surface area contributed by atoms with Gasteiger partial charge in [-0.25, -0.2) is 0 Å². The van der Waals surface area contributed by atoms with Gasteiger partial charge < -0.3 is 9.47 Å². The molecule has 156 valence electrons. The molecule has 0 bridgehead atoms. The lowest BCUT2D eigenvalue weighted by Crippen LogP contribution is -2.41. The third-order valence-electron chi connectivity index (χ3n) is 5.89. The molecule has 3 aromatic rings. The summed E-state index contributed by atoms with van der Waals surface area (Å²) in [5.41, 5.74) is 3.10. The van der Waals surface area contributed by atoms with Crippen molar-refractivity contribution in [3.8, 4) is 0 Å². The topological polar surface area (TPSA) is 25.2 Å². The molecule has 1 fully saturated rings. The molecule has 30 heavy (non-hydrogen) atoms. The van der Waals surface area contributed by atoms with Crippen LogP contribution in [-0.4, -0.2) is 21.4 Å². The van der Waals surface area contributed by atoms with Gasteiger partial charge in [0.2, 0.25) is 0 Å². The van der Waals surface area contributed by atoms with E-state index in [9.17, 15) is 4.79 Å². The van der Waals surface area contributed by atoms with Crippen LogP contribution in [0.25, 0.3) is 0 Å². The Hall–Kier alpha value is -2.04. The van der Waals surface area contributed by atoms with Gasteiger partial charge in [-0.1, -0.05) is 58.9 Å². The number of benzene rings is 2. The monoisotopic (exact) mass is 484 g/mol. The largest absolute Gasteiger partial charge is 0.345 e. The van der Waals surface area contributed by atoms with Gasteiger partial charge in [0, 0.05) is 39.5 Å². The van der Waals surface area contributed by atoms with E-state index in [0.717, 1.165) is 29.6 Å². The molecular formula is C25H26BrClN2O. The van der Waals surface area contributed by atoms with Crippen LogP contribution in [0, 0.1) is 0 Å². The zero-order valence-electron chi connectivity index (χ0n) is 16.9. The predicted octanol–water partition coefficient (Wildman–Crippen LogP) is 6.93. The van der Waals surface area contributed by atoms with E-state index in [1.807, 2.05) is 12.1 Å². The van der Waals surface area contributed by atoms with Gasteiger partial charge >= 0.3 is 0 Å². The van der Waals surface area contributed by atoms with Gasteiger partial charge in [0.15, 0.2) is 0 Å². The lowest BCUT2D eigenvalue weighted by atomic mass is 9.93. The van der Waals surface area contributed by atoms with Crippen molar-refractivity contribution in [1.29, 1.82) is 0 Å². The summed E-state index contributed by atoms with van der Waals surface area (Å²) in [7, 11) is 0. The molecule has 2 aromatic carbocycles. The molecule has 1 saturated carbocycles. The molecule has 0 spiro atoms. The highest BCUT2D eigenvalue weighted by atomic mass is 79.9. The Morgan fingerprint density at radius 3 is 2.40 bits per heavy atom. The number of halogens is 2. The normalized spacial score (nSPS) is 14.6. The van der Waals surface area contributed by atoms with Gasteiger partial charge in [0.05, 0.1) is 6.54 Å². The van der Waals surface area contributed by atoms with Crippen molar-refractivity contribution in [2.45, 2.75) is 51.2 Å². The van der Waals surface area contributed by atoms with Crippen molar-refractivity contribution in [2.24, 2.45) is 0 Å². The van der Waals surface area contributed by atoms with E-state index in [1.165, 1.54) is 24.8 Å².